The Bertz CT molecular complexity index is 193. The van der Waals surface area contributed by atoms with E-state index in [1.54, 1.807) is 0 Å². The summed E-state index contributed by atoms with van der Waals surface area (Å²) in [5.41, 5.74) is 0. The van der Waals surface area contributed by atoms with E-state index in [9.17, 15) is 0 Å². The maximum atomic E-state index is 5.54. The van der Waals surface area contributed by atoms with Gasteiger partial charge in [0.2, 0.25) is 0 Å². The zero-order chi connectivity index (χ0) is 13.2. The Morgan fingerprint density at radius 3 is 2.39 bits per heavy atom. The quantitative estimate of drug-likeness (QED) is 0.624. The Morgan fingerprint density at radius 2 is 1.83 bits per heavy atom. The summed E-state index contributed by atoms with van der Waals surface area (Å²) in [6.07, 6.45) is 4.07. The van der Waals surface area contributed by atoms with Crippen molar-refractivity contribution in [2.24, 2.45) is 0 Å². The lowest BCUT2D eigenvalue weighted by atomic mass is 10.2. The van der Waals surface area contributed by atoms with Crippen LogP contribution in [0.3, 0.4) is 0 Å². The van der Waals surface area contributed by atoms with E-state index in [-0.39, 0.29) is 0 Å². The lowest BCUT2D eigenvalue weighted by Crippen LogP contribution is -2.49. The van der Waals surface area contributed by atoms with Crippen LogP contribution in [0.5, 0.6) is 0 Å². The molecule has 0 saturated carbocycles. The fourth-order valence-electron chi connectivity index (χ4n) is 2.57. The van der Waals surface area contributed by atoms with Crippen molar-refractivity contribution in [2.45, 2.75) is 32.3 Å². The second-order valence-corrected chi connectivity index (χ2v) is 5.25. The van der Waals surface area contributed by atoms with Crippen LogP contribution in [-0.4, -0.2) is 75.9 Å². The van der Waals surface area contributed by atoms with Crippen molar-refractivity contribution in [3.8, 4) is 0 Å². The minimum Gasteiger partial charge on any atom is -0.380 e. The average molecular weight is 257 g/mol. The number of hydrogen-bond donors (Lipinski definition) is 1. The number of rotatable bonds is 9. The molecule has 0 aromatic carbocycles. The van der Waals surface area contributed by atoms with Crippen molar-refractivity contribution >= 4 is 0 Å². The molecule has 1 N–H and O–H groups in total. The first kappa shape index (κ1) is 15.9. The van der Waals surface area contributed by atoms with E-state index >= 15 is 0 Å². The van der Waals surface area contributed by atoms with E-state index in [2.05, 4.69) is 22.0 Å². The monoisotopic (exact) mass is 257 g/mol. The molecule has 0 aromatic heterocycles. The largest absolute Gasteiger partial charge is 0.380 e. The van der Waals surface area contributed by atoms with Gasteiger partial charge in [-0.15, -0.1) is 0 Å². The van der Waals surface area contributed by atoms with Gasteiger partial charge in [-0.3, -0.25) is 4.90 Å². The number of hydrogen-bond acceptors (Lipinski definition) is 4. The summed E-state index contributed by atoms with van der Waals surface area (Å²) in [6.45, 7) is 10.5. The predicted molar refractivity (Wildman–Crippen MR) is 77.1 cm³/mol. The number of piperazine rings is 1. The maximum absolute atomic E-state index is 5.54. The number of nitrogens with zero attached hydrogens (tertiary/aromatic N) is 2. The van der Waals surface area contributed by atoms with E-state index in [0.717, 1.165) is 13.1 Å². The van der Waals surface area contributed by atoms with Crippen LogP contribution in [0.15, 0.2) is 0 Å². The molecule has 1 fully saturated rings. The lowest BCUT2D eigenvalue weighted by molar-refractivity contribution is 0.0377. The van der Waals surface area contributed by atoms with Crippen LogP contribution in [0, 0.1) is 0 Å². The number of ether oxygens (including phenoxy) is 1. The first-order valence-corrected chi connectivity index (χ1v) is 7.42. The van der Waals surface area contributed by atoms with Crippen molar-refractivity contribution in [3.63, 3.8) is 0 Å². The maximum Gasteiger partial charge on any atom is 0.0698 e. The molecule has 4 nitrogen and oxygen atoms in total. The van der Waals surface area contributed by atoms with E-state index in [0.29, 0.717) is 6.10 Å². The van der Waals surface area contributed by atoms with E-state index in [1.165, 1.54) is 52.0 Å². The van der Waals surface area contributed by atoms with Gasteiger partial charge < -0.3 is 15.0 Å². The summed E-state index contributed by atoms with van der Waals surface area (Å²) in [5, 5.41) is 3.21. The second kappa shape index (κ2) is 9.73. The number of nitrogens with one attached hydrogen (secondary N) is 1. The third-order valence-electron chi connectivity index (χ3n) is 3.77. The Hall–Kier alpha value is -0.160. The molecule has 0 amide bonds. The molecule has 0 radical (unpaired) electrons. The Kier molecular flexibility index (Phi) is 8.59. The van der Waals surface area contributed by atoms with Crippen LogP contribution in [0.25, 0.3) is 0 Å². The minimum absolute atomic E-state index is 0.422. The smallest absolute Gasteiger partial charge is 0.0698 e. The summed E-state index contributed by atoms with van der Waals surface area (Å²) < 4.78 is 5.54. The standard InChI is InChI=1S/C14H31N3O/c1-4-6-14(18-3)13-17-11-9-16(10-12-17)8-5-7-15-2/h14-15H,4-13H2,1-3H3. The van der Waals surface area contributed by atoms with Crippen LogP contribution >= 0.6 is 0 Å². The van der Waals surface area contributed by atoms with Crippen molar-refractivity contribution in [3.05, 3.63) is 0 Å². The van der Waals surface area contributed by atoms with Crippen LogP contribution in [0.2, 0.25) is 0 Å². The van der Waals surface area contributed by atoms with Gasteiger partial charge in [0.15, 0.2) is 0 Å². The average Bonchev–Trinajstić information content (AvgIpc) is 2.40. The number of methoxy groups -OCH3 is 1. The fourth-order valence-corrected chi connectivity index (χ4v) is 2.57. The van der Waals surface area contributed by atoms with Gasteiger partial charge in [0, 0.05) is 39.8 Å². The normalized spacial score (nSPS) is 20.2. The molecule has 1 unspecified atom stereocenters. The molecule has 0 aliphatic carbocycles. The fraction of sp³-hybridized carbons (Fsp3) is 1.00. The predicted octanol–water partition coefficient (Wildman–Crippen LogP) is 1.03. The third-order valence-corrected chi connectivity index (χ3v) is 3.77. The van der Waals surface area contributed by atoms with Gasteiger partial charge in [-0.2, -0.15) is 0 Å². The highest BCUT2D eigenvalue weighted by atomic mass is 16.5. The van der Waals surface area contributed by atoms with Gasteiger partial charge in [-0.05, 0) is 33.0 Å². The molecule has 1 heterocycles. The van der Waals surface area contributed by atoms with Crippen molar-refractivity contribution in [1.29, 1.82) is 0 Å². The molecule has 108 valence electrons. The van der Waals surface area contributed by atoms with Crippen molar-refractivity contribution < 1.29 is 4.74 Å². The molecular weight excluding hydrogens is 226 g/mol. The summed E-state index contributed by atoms with van der Waals surface area (Å²) in [6, 6.07) is 0. The molecule has 1 rings (SSSR count). The van der Waals surface area contributed by atoms with Gasteiger partial charge in [0.25, 0.3) is 0 Å². The first-order valence-electron chi connectivity index (χ1n) is 7.42. The second-order valence-electron chi connectivity index (χ2n) is 5.25. The Balaban J connectivity index is 2.14. The lowest BCUT2D eigenvalue weighted by Gasteiger charge is -2.36. The molecular formula is C14H31N3O. The highest BCUT2D eigenvalue weighted by Gasteiger charge is 2.19. The van der Waals surface area contributed by atoms with Crippen LogP contribution < -0.4 is 5.32 Å². The molecule has 0 spiro atoms. The molecule has 0 aromatic rings. The highest BCUT2D eigenvalue weighted by molar-refractivity contribution is 4.74. The summed E-state index contributed by atoms with van der Waals surface area (Å²) >= 11 is 0. The van der Waals surface area contributed by atoms with Gasteiger partial charge >= 0.3 is 0 Å². The molecule has 1 aliphatic heterocycles. The van der Waals surface area contributed by atoms with Crippen molar-refractivity contribution in [2.75, 3.05) is 60.0 Å². The van der Waals surface area contributed by atoms with Gasteiger partial charge in [-0.25, -0.2) is 0 Å². The Labute approximate surface area is 113 Å². The van der Waals surface area contributed by atoms with Crippen LogP contribution in [0.4, 0.5) is 0 Å². The highest BCUT2D eigenvalue weighted by Crippen LogP contribution is 2.07. The summed E-state index contributed by atoms with van der Waals surface area (Å²) in [7, 11) is 3.87. The van der Waals surface area contributed by atoms with Crippen molar-refractivity contribution in [1.82, 2.24) is 15.1 Å². The topological polar surface area (TPSA) is 27.7 Å². The van der Waals surface area contributed by atoms with Gasteiger partial charge in [-0.1, -0.05) is 13.3 Å². The first-order chi connectivity index (χ1) is 8.80. The molecule has 18 heavy (non-hydrogen) atoms. The third kappa shape index (κ3) is 6.14. The SMILES string of the molecule is CCCC(CN1CCN(CCCNC)CC1)OC. The van der Waals surface area contributed by atoms with Crippen LogP contribution in [-0.2, 0) is 4.74 Å². The molecule has 0 bridgehead atoms. The van der Waals surface area contributed by atoms with Crippen LogP contribution in [0.1, 0.15) is 26.2 Å². The molecule has 1 atom stereocenters. The molecule has 1 aliphatic rings. The Morgan fingerprint density at radius 1 is 1.17 bits per heavy atom. The zero-order valence-electron chi connectivity index (χ0n) is 12.5. The zero-order valence-corrected chi connectivity index (χ0v) is 12.5. The molecule has 1 saturated heterocycles. The van der Waals surface area contributed by atoms with E-state index in [4.69, 9.17) is 4.74 Å². The van der Waals surface area contributed by atoms with E-state index < -0.39 is 0 Å². The minimum atomic E-state index is 0.422. The van der Waals surface area contributed by atoms with Gasteiger partial charge in [0.05, 0.1) is 6.10 Å². The van der Waals surface area contributed by atoms with E-state index in [1.807, 2.05) is 14.2 Å². The summed E-state index contributed by atoms with van der Waals surface area (Å²) in [5.74, 6) is 0. The molecule has 4 heteroatoms. The van der Waals surface area contributed by atoms with Gasteiger partial charge in [0.1, 0.15) is 0 Å². The summed E-state index contributed by atoms with van der Waals surface area (Å²) in [4.78, 5) is 5.13.